The third-order valence-corrected chi connectivity index (χ3v) is 3.15. The molecule has 0 spiro atoms. The Balaban J connectivity index is 1.74. The zero-order valence-electron chi connectivity index (χ0n) is 9.76. The molecular formula is C13H16N4. The van der Waals surface area contributed by atoms with E-state index < -0.39 is 0 Å². The van der Waals surface area contributed by atoms with E-state index in [9.17, 15) is 0 Å². The molecule has 4 heteroatoms. The van der Waals surface area contributed by atoms with E-state index >= 15 is 0 Å². The molecule has 4 nitrogen and oxygen atoms in total. The van der Waals surface area contributed by atoms with Gasteiger partial charge in [0.2, 0.25) is 0 Å². The van der Waals surface area contributed by atoms with Gasteiger partial charge >= 0.3 is 0 Å². The molecule has 0 radical (unpaired) electrons. The molecule has 1 saturated heterocycles. The summed E-state index contributed by atoms with van der Waals surface area (Å²) in [7, 11) is 0. The van der Waals surface area contributed by atoms with Gasteiger partial charge < -0.3 is 0 Å². The van der Waals surface area contributed by atoms with Crippen LogP contribution in [0, 0.1) is 0 Å². The fourth-order valence-corrected chi connectivity index (χ4v) is 2.27. The first-order valence-corrected chi connectivity index (χ1v) is 6.10. The van der Waals surface area contributed by atoms with Crippen molar-refractivity contribution in [2.24, 2.45) is 0 Å². The number of nitrogens with one attached hydrogen (secondary N) is 1. The minimum atomic E-state index is 0.927. The van der Waals surface area contributed by atoms with Crippen LogP contribution >= 0.6 is 0 Å². The Kier molecular flexibility index (Phi) is 2.88. The van der Waals surface area contributed by atoms with Crippen molar-refractivity contribution in [1.29, 1.82) is 0 Å². The Morgan fingerprint density at radius 3 is 2.82 bits per heavy atom. The van der Waals surface area contributed by atoms with Crippen molar-refractivity contribution < 1.29 is 0 Å². The van der Waals surface area contributed by atoms with Crippen LogP contribution < -0.4 is 0 Å². The summed E-state index contributed by atoms with van der Waals surface area (Å²) in [6.07, 6.45) is 4.44. The van der Waals surface area contributed by atoms with Crippen molar-refractivity contribution in [1.82, 2.24) is 20.1 Å². The third kappa shape index (κ3) is 2.36. The molecule has 88 valence electrons. The standard InChI is InChI=1S/C13H16N4/c1-2-6-14-12(5-1)13-9-11(15-16-13)10-17-7-3-4-8-17/h1-2,5-6,9H,3-4,7-8,10H2,(H,15,16). The normalized spacial score (nSPS) is 16.5. The lowest BCUT2D eigenvalue weighted by atomic mass is 10.2. The first-order valence-electron chi connectivity index (χ1n) is 6.10. The molecule has 3 rings (SSSR count). The zero-order chi connectivity index (χ0) is 11.5. The van der Waals surface area contributed by atoms with E-state index in [4.69, 9.17) is 0 Å². The van der Waals surface area contributed by atoms with Gasteiger partial charge in [0, 0.05) is 18.4 Å². The molecule has 3 heterocycles. The van der Waals surface area contributed by atoms with E-state index in [2.05, 4.69) is 26.1 Å². The van der Waals surface area contributed by atoms with Crippen molar-refractivity contribution in [3.8, 4) is 11.4 Å². The summed E-state index contributed by atoms with van der Waals surface area (Å²) in [5.41, 5.74) is 3.03. The quantitative estimate of drug-likeness (QED) is 0.874. The minimum Gasteiger partial charge on any atom is -0.298 e. The van der Waals surface area contributed by atoms with Crippen LogP contribution in [-0.2, 0) is 6.54 Å². The van der Waals surface area contributed by atoms with Crippen LogP contribution in [0.1, 0.15) is 18.5 Å². The van der Waals surface area contributed by atoms with Gasteiger partial charge in [0.15, 0.2) is 0 Å². The maximum atomic E-state index is 4.31. The highest BCUT2D eigenvalue weighted by atomic mass is 15.2. The summed E-state index contributed by atoms with van der Waals surface area (Å²) in [6, 6.07) is 7.98. The zero-order valence-corrected chi connectivity index (χ0v) is 9.76. The molecule has 0 aromatic carbocycles. The van der Waals surface area contributed by atoms with Crippen LogP contribution in [0.15, 0.2) is 30.5 Å². The Morgan fingerprint density at radius 1 is 1.18 bits per heavy atom. The first kappa shape index (κ1) is 10.5. The Morgan fingerprint density at radius 2 is 2.06 bits per heavy atom. The average molecular weight is 228 g/mol. The van der Waals surface area contributed by atoms with Gasteiger partial charge in [-0.25, -0.2) is 0 Å². The van der Waals surface area contributed by atoms with E-state index in [1.165, 1.54) is 31.6 Å². The lowest BCUT2D eigenvalue weighted by Crippen LogP contribution is -2.18. The summed E-state index contributed by atoms with van der Waals surface area (Å²) in [5, 5.41) is 7.41. The monoisotopic (exact) mass is 228 g/mol. The fourth-order valence-electron chi connectivity index (χ4n) is 2.27. The molecule has 2 aromatic rings. The molecule has 0 unspecified atom stereocenters. The Hall–Kier alpha value is -1.68. The van der Waals surface area contributed by atoms with Crippen molar-refractivity contribution in [2.45, 2.75) is 19.4 Å². The van der Waals surface area contributed by atoms with E-state index in [1.54, 1.807) is 6.20 Å². The maximum absolute atomic E-state index is 4.31. The van der Waals surface area contributed by atoms with E-state index in [1.807, 2.05) is 18.2 Å². The highest BCUT2D eigenvalue weighted by Gasteiger charge is 2.13. The number of nitrogens with zero attached hydrogens (tertiary/aromatic N) is 3. The van der Waals surface area contributed by atoms with E-state index in [0.29, 0.717) is 0 Å². The van der Waals surface area contributed by atoms with Crippen molar-refractivity contribution in [3.63, 3.8) is 0 Å². The van der Waals surface area contributed by atoms with E-state index in [0.717, 1.165) is 17.9 Å². The van der Waals surface area contributed by atoms with Crippen molar-refractivity contribution in [2.75, 3.05) is 13.1 Å². The van der Waals surface area contributed by atoms with Gasteiger partial charge in [-0.05, 0) is 44.1 Å². The number of hydrogen-bond donors (Lipinski definition) is 1. The molecular weight excluding hydrogens is 212 g/mol. The molecule has 1 N–H and O–H groups in total. The summed E-state index contributed by atoms with van der Waals surface area (Å²) in [5.74, 6) is 0. The Bertz CT molecular complexity index is 471. The highest BCUT2D eigenvalue weighted by Crippen LogP contribution is 2.16. The number of pyridine rings is 1. The fraction of sp³-hybridized carbons (Fsp3) is 0.385. The number of aromatic amines is 1. The molecule has 1 aliphatic rings. The van der Waals surface area contributed by atoms with Gasteiger partial charge in [0.25, 0.3) is 0 Å². The van der Waals surface area contributed by atoms with Crippen LogP contribution in [0.5, 0.6) is 0 Å². The van der Waals surface area contributed by atoms with Crippen molar-refractivity contribution >= 4 is 0 Å². The second kappa shape index (κ2) is 4.67. The van der Waals surface area contributed by atoms with Gasteiger partial charge in [-0.3, -0.25) is 15.0 Å². The lowest BCUT2D eigenvalue weighted by Gasteiger charge is -2.11. The molecule has 0 atom stereocenters. The number of hydrogen-bond acceptors (Lipinski definition) is 3. The predicted octanol–water partition coefficient (Wildman–Crippen LogP) is 2.07. The molecule has 0 amide bonds. The topological polar surface area (TPSA) is 44.8 Å². The molecule has 1 aliphatic heterocycles. The van der Waals surface area contributed by atoms with Crippen LogP contribution in [0.2, 0.25) is 0 Å². The number of likely N-dealkylation sites (tertiary alicyclic amines) is 1. The highest BCUT2D eigenvalue weighted by molar-refractivity contribution is 5.53. The third-order valence-electron chi connectivity index (χ3n) is 3.15. The molecule has 2 aromatic heterocycles. The Labute approximate surface area is 101 Å². The van der Waals surface area contributed by atoms with Gasteiger partial charge in [0.05, 0.1) is 5.69 Å². The predicted molar refractivity (Wildman–Crippen MR) is 66.3 cm³/mol. The molecule has 0 bridgehead atoms. The maximum Gasteiger partial charge on any atom is 0.111 e. The molecule has 1 fully saturated rings. The summed E-state index contributed by atoms with van der Waals surface area (Å²) < 4.78 is 0. The van der Waals surface area contributed by atoms with Gasteiger partial charge in [0.1, 0.15) is 5.69 Å². The summed E-state index contributed by atoms with van der Waals surface area (Å²) in [4.78, 5) is 6.75. The van der Waals surface area contributed by atoms with Crippen LogP contribution in [0.25, 0.3) is 11.4 Å². The van der Waals surface area contributed by atoms with Gasteiger partial charge in [-0.15, -0.1) is 0 Å². The van der Waals surface area contributed by atoms with Crippen LogP contribution in [-0.4, -0.2) is 33.2 Å². The second-order valence-electron chi connectivity index (χ2n) is 4.48. The van der Waals surface area contributed by atoms with Crippen LogP contribution in [0.3, 0.4) is 0 Å². The largest absolute Gasteiger partial charge is 0.298 e. The second-order valence-corrected chi connectivity index (χ2v) is 4.48. The summed E-state index contributed by atoms with van der Waals surface area (Å²) >= 11 is 0. The SMILES string of the molecule is c1ccc(-c2cc(CN3CCCC3)[nH]n2)nc1. The lowest BCUT2D eigenvalue weighted by molar-refractivity contribution is 0.327. The van der Waals surface area contributed by atoms with Gasteiger partial charge in [-0.1, -0.05) is 6.07 Å². The number of H-pyrrole nitrogens is 1. The molecule has 0 saturated carbocycles. The van der Waals surface area contributed by atoms with Crippen LogP contribution in [0.4, 0.5) is 0 Å². The van der Waals surface area contributed by atoms with Gasteiger partial charge in [-0.2, -0.15) is 5.10 Å². The molecule has 17 heavy (non-hydrogen) atoms. The summed E-state index contributed by atoms with van der Waals surface area (Å²) in [6.45, 7) is 3.38. The first-order chi connectivity index (χ1) is 8.42. The average Bonchev–Trinajstić information content (AvgIpc) is 3.02. The smallest absolute Gasteiger partial charge is 0.111 e. The van der Waals surface area contributed by atoms with E-state index in [-0.39, 0.29) is 0 Å². The number of aromatic nitrogens is 3. The van der Waals surface area contributed by atoms with Crippen molar-refractivity contribution in [3.05, 3.63) is 36.2 Å². The number of rotatable bonds is 3. The molecule has 0 aliphatic carbocycles. The minimum absolute atomic E-state index is 0.927.